The lowest BCUT2D eigenvalue weighted by molar-refractivity contribution is 0.284. The molecule has 0 fully saturated rings. The summed E-state index contributed by atoms with van der Waals surface area (Å²) in [5, 5.41) is 4.69. The van der Waals surface area contributed by atoms with Gasteiger partial charge in [0.25, 0.3) is 0 Å². The standard InChI is InChI=1S/C25H27Cl2NO4/c1-29-22-9-8-17(12-23(22)30-2)10-11-28-15-19-13-24(31-3)25(14-21(19)27)32-16-18-6-4-5-7-20(18)26/h4-9,12-14,28H,10-11,15-16H2,1-3H3. The Kier molecular flexibility index (Phi) is 8.91. The fourth-order valence-corrected chi connectivity index (χ4v) is 3.66. The molecule has 0 spiro atoms. The van der Waals surface area contributed by atoms with E-state index in [1.165, 1.54) is 0 Å². The lowest BCUT2D eigenvalue weighted by atomic mass is 10.1. The summed E-state index contributed by atoms with van der Waals surface area (Å²) >= 11 is 12.7. The Balaban J connectivity index is 1.58. The summed E-state index contributed by atoms with van der Waals surface area (Å²) in [6.07, 6.45) is 0.841. The monoisotopic (exact) mass is 475 g/mol. The zero-order chi connectivity index (χ0) is 22.9. The van der Waals surface area contributed by atoms with Crippen LogP contribution in [0.25, 0.3) is 0 Å². The second-order valence-electron chi connectivity index (χ2n) is 7.09. The van der Waals surface area contributed by atoms with Crippen LogP contribution in [0.2, 0.25) is 10.0 Å². The first-order chi connectivity index (χ1) is 15.5. The molecule has 0 aliphatic rings. The maximum Gasteiger partial charge on any atom is 0.163 e. The van der Waals surface area contributed by atoms with Crippen molar-refractivity contribution in [2.45, 2.75) is 19.6 Å². The summed E-state index contributed by atoms with van der Waals surface area (Å²) in [4.78, 5) is 0. The number of benzene rings is 3. The first kappa shape index (κ1) is 24.1. The largest absolute Gasteiger partial charge is 0.493 e. The average molecular weight is 476 g/mol. The Labute approximate surface area is 199 Å². The van der Waals surface area contributed by atoms with Gasteiger partial charge < -0.3 is 24.3 Å². The van der Waals surface area contributed by atoms with E-state index in [1.807, 2.05) is 48.5 Å². The van der Waals surface area contributed by atoms with Gasteiger partial charge in [0.1, 0.15) is 6.61 Å². The van der Waals surface area contributed by atoms with E-state index in [4.69, 9.17) is 42.1 Å². The van der Waals surface area contributed by atoms with Gasteiger partial charge in [-0.2, -0.15) is 0 Å². The minimum Gasteiger partial charge on any atom is -0.493 e. The summed E-state index contributed by atoms with van der Waals surface area (Å²) in [6.45, 7) is 1.71. The van der Waals surface area contributed by atoms with Crippen molar-refractivity contribution in [3.05, 3.63) is 81.3 Å². The van der Waals surface area contributed by atoms with E-state index in [2.05, 4.69) is 5.32 Å². The van der Waals surface area contributed by atoms with E-state index >= 15 is 0 Å². The number of methoxy groups -OCH3 is 3. The molecule has 5 nitrogen and oxygen atoms in total. The molecule has 0 atom stereocenters. The van der Waals surface area contributed by atoms with Crippen LogP contribution in [0.5, 0.6) is 23.0 Å². The van der Waals surface area contributed by atoms with Crippen molar-refractivity contribution in [3.63, 3.8) is 0 Å². The van der Waals surface area contributed by atoms with Gasteiger partial charge >= 0.3 is 0 Å². The number of hydrogen-bond acceptors (Lipinski definition) is 5. The third-order valence-corrected chi connectivity index (χ3v) is 5.75. The molecule has 170 valence electrons. The summed E-state index contributed by atoms with van der Waals surface area (Å²) < 4.78 is 22.1. The van der Waals surface area contributed by atoms with Crippen LogP contribution >= 0.6 is 23.2 Å². The number of halogens is 2. The minimum atomic E-state index is 0.329. The molecule has 0 saturated heterocycles. The van der Waals surface area contributed by atoms with Crippen LogP contribution in [0, 0.1) is 0 Å². The maximum absolute atomic E-state index is 6.51. The number of hydrogen-bond donors (Lipinski definition) is 1. The van der Waals surface area contributed by atoms with Gasteiger partial charge in [-0.05, 0) is 48.4 Å². The van der Waals surface area contributed by atoms with E-state index in [0.717, 1.165) is 41.2 Å². The molecule has 0 bridgehead atoms. The quantitative estimate of drug-likeness (QED) is 0.348. The molecule has 0 radical (unpaired) electrons. The molecule has 0 aromatic heterocycles. The highest BCUT2D eigenvalue weighted by Gasteiger charge is 2.12. The normalized spacial score (nSPS) is 10.7. The molecule has 0 aliphatic heterocycles. The van der Waals surface area contributed by atoms with Crippen LogP contribution in [-0.2, 0) is 19.6 Å². The Morgan fingerprint density at radius 1 is 0.719 bits per heavy atom. The predicted octanol–water partition coefficient (Wildman–Crippen LogP) is 5.93. The molecule has 0 saturated carbocycles. The van der Waals surface area contributed by atoms with Gasteiger partial charge in [-0.25, -0.2) is 0 Å². The number of ether oxygens (including phenoxy) is 4. The topological polar surface area (TPSA) is 49.0 Å². The molecule has 3 rings (SSSR count). The average Bonchev–Trinajstić information content (AvgIpc) is 2.82. The third kappa shape index (κ3) is 6.22. The molecular weight excluding hydrogens is 449 g/mol. The van der Waals surface area contributed by atoms with Gasteiger partial charge in [-0.3, -0.25) is 0 Å². The Morgan fingerprint density at radius 2 is 1.44 bits per heavy atom. The van der Waals surface area contributed by atoms with E-state index in [-0.39, 0.29) is 0 Å². The SMILES string of the molecule is COc1ccc(CCNCc2cc(OC)c(OCc3ccccc3Cl)cc2Cl)cc1OC. The minimum absolute atomic E-state index is 0.329. The van der Waals surface area contributed by atoms with E-state index in [1.54, 1.807) is 27.4 Å². The molecular formula is C25H27Cl2NO4. The van der Waals surface area contributed by atoms with E-state index in [0.29, 0.717) is 34.7 Å². The highest BCUT2D eigenvalue weighted by molar-refractivity contribution is 6.31. The molecule has 0 heterocycles. The number of nitrogens with one attached hydrogen (secondary N) is 1. The van der Waals surface area contributed by atoms with Crippen molar-refractivity contribution in [3.8, 4) is 23.0 Å². The van der Waals surface area contributed by atoms with Gasteiger partial charge in [-0.1, -0.05) is 47.5 Å². The lowest BCUT2D eigenvalue weighted by Gasteiger charge is -2.15. The molecule has 3 aromatic rings. The zero-order valence-electron chi connectivity index (χ0n) is 18.4. The van der Waals surface area contributed by atoms with Crippen molar-refractivity contribution in [2.24, 2.45) is 0 Å². The first-order valence-corrected chi connectivity index (χ1v) is 11.0. The van der Waals surface area contributed by atoms with Crippen LogP contribution in [0.15, 0.2) is 54.6 Å². The maximum atomic E-state index is 6.51. The van der Waals surface area contributed by atoms with Crippen molar-refractivity contribution in [1.29, 1.82) is 0 Å². The molecule has 0 aliphatic carbocycles. The van der Waals surface area contributed by atoms with Gasteiger partial charge in [0.05, 0.1) is 21.3 Å². The molecule has 7 heteroatoms. The van der Waals surface area contributed by atoms with Gasteiger partial charge in [0.2, 0.25) is 0 Å². The van der Waals surface area contributed by atoms with Gasteiger partial charge in [-0.15, -0.1) is 0 Å². The van der Waals surface area contributed by atoms with Gasteiger partial charge in [0, 0.05) is 28.2 Å². The summed E-state index contributed by atoms with van der Waals surface area (Å²) in [7, 11) is 4.88. The summed E-state index contributed by atoms with van der Waals surface area (Å²) in [6, 6.07) is 17.2. The fraction of sp³-hybridized carbons (Fsp3) is 0.280. The molecule has 0 unspecified atom stereocenters. The second kappa shape index (κ2) is 11.9. The highest BCUT2D eigenvalue weighted by atomic mass is 35.5. The summed E-state index contributed by atoms with van der Waals surface area (Å²) in [5.74, 6) is 2.65. The zero-order valence-corrected chi connectivity index (χ0v) is 19.9. The molecule has 1 N–H and O–H groups in total. The Morgan fingerprint density at radius 3 is 2.16 bits per heavy atom. The highest BCUT2D eigenvalue weighted by Crippen LogP contribution is 2.34. The van der Waals surface area contributed by atoms with Crippen molar-refractivity contribution in [1.82, 2.24) is 5.32 Å². The fourth-order valence-electron chi connectivity index (χ4n) is 3.25. The molecule has 3 aromatic carbocycles. The van der Waals surface area contributed by atoms with E-state index < -0.39 is 0 Å². The van der Waals surface area contributed by atoms with Crippen LogP contribution in [0.3, 0.4) is 0 Å². The van der Waals surface area contributed by atoms with E-state index in [9.17, 15) is 0 Å². The van der Waals surface area contributed by atoms with Gasteiger partial charge in [0.15, 0.2) is 23.0 Å². The van der Waals surface area contributed by atoms with Crippen LogP contribution in [-0.4, -0.2) is 27.9 Å². The third-order valence-electron chi connectivity index (χ3n) is 5.03. The van der Waals surface area contributed by atoms with Crippen molar-refractivity contribution < 1.29 is 18.9 Å². The smallest absolute Gasteiger partial charge is 0.163 e. The van der Waals surface area contributed by atoms with Crippen molar-refractivity contribution >= 4 is 23.2 Å². The Bertz CT molecular complexity index is 1040. The van der Waals surface area contributed by atoms with Crippen molar-refractivity contribution in [2.75, 3.05) is 27.9 Å². The first-order valence-electron chi connectivity index (χ1n) is 10.2. The predicted molar refractivity (Wildman–Crippen MR) is 129 cm³/mol. The van der Waals surface area contributed by atoms with Crippen LogP contribution in [0.4, 0.5) is 0 Å². The number of rotatable bonds is 11. The van der Waals surface area contributed by atoms with Crippen LogP contribution in [0.1, 0.15) is 16.7 Å². The summed E-state index contributed by atoms with van der Waals surface area (Å²) in [5.41, 5.74) is 2.98. The molecule has 0 amide bonds. The van der Waals surface area contributed by atoms with Crippen LogP contribution < -0.4 is 24.3 Å². The molecule has 32 heavy (non-hydrogen) atoms. The second-order valence-corrected chi connectivity index (χ2v) is 7.91. The lowest BCUT2D eigenvalue weighted by Crippen LogP contribution is -2.17. The Hall–Kier alpha value is -2.60.